The molecule has 2 heterocycles. The third-order valence-corrected chi connectivity index (χ3v) is 5.01. The molecule has 1 aromatic carbocycles. The zero-order valence-corrected chi connectivity index (χ0v) is 13.1. The van der Waals surface area contributed by atoms with Gasteiger partial charge >= 0.3 is 6.03 Å². The van der Waals surface area contributed by atoms with Gasteiger partial charge in [0.2, 0.25) is 0 Å². The molecule has 2 aliphatic heterocycles. The minimum Gasteiger partial charge on any atom is -0.381 e. The molecule has 0 bridgehead atoms. The molecule has 3 aliphatic rings. The number of carbonyl (C=O) groups excluding carboxylic acids is 1. The molecule has 22 heavy (non-hydrogen) atoms. The van der Waals surface area contributed by atoms with Gasteiger partial charge in [0.15, 0.2) is 0 Å². The van der Waals surface area contributed by atoms with Crippen molar-refractivity contribution < 1.29 is 9.53 Å². The summed E-state index contributed by atoms with van der Waals surface area (Å²) in [7, 11) is 0. The van der Waals surface area contributed by atoms with Gasteiger partial charge in [-0.25, -0.2) is 4.79 Å². The Bertz CT molecular complexity index is 470. The quantitative estimate of drug-likeness (QED) is 0.837. The number of rotatable bonds is 1. The smallest absolute Gasteiger partial charge is 0.315 e. The monoisotopic (exact) mass is 302 g/mol. The highest BCUT2D eigenvalue weighted by Gasteiger charge is 2.40. The second-order valence-electron chi connectivity index (χ2n) is 6.59. The summed E-state index contributed by atoms with van der Waals surface area (Å²) < 4.78 is 4.94. The van der Waals surface area contributed by atoms with E-state index in [0.29, 0.717) is 5.92 Å². The number of ether oxygens (including phenoxy) is 1. The summed E-state index contributed by atoms with van der Waals surface area (Å²) >= 11 is 0. The molecule has 0 atom stereocenters. The molecule has 2 N–H and O–H groups in total. The van der Waals surface area contributed by atoms with Crippen molar-refractivity contribution in [2.24, 2.45) is 0 Å². The standard InChI is InChI=1S/C14H18N2O.C4H8O/c17-13-15-10-14(16-13)8-6-12(7-9-14)11-4-2-1-3-5-11;1-2-4-5-3-1/h1-5,12H,6-10H2,(H2,15,16,17);1-4H2. The molecule has 0 unspecified atom stereocenters. The summed E-state index contributed by atoms with van der Waals surface area (Å²) in [6, 6.07) is 10.7. The van der Waals surface area contributed by atoms with Crippen molar-refractivity contribution in [3.8, 4) is 0 Å². The first kappa shape index (κ1) is 15.3. The Morgan fingerprint density at radius 3 is 2.23 bits per heavy atom. The normalized spacial score (nSPS) is 30.4. The molecule has 2 amide bonds. The van der Waals surface area contributed by atoms with Crippen LogP contribution in [0.3, 0.4) is 0 Å². The molecular weight excluding hydrogens is 276 g/mol. The highest BCUT2D eigenvalue weighted by Crippen LogP contribution is 2.38. The van der Waals surface area contributed by atoms with Crippen LogP contribution in [0.15, 0.2) is 30.3 Å². The third kappa shape index (κ3) is 3.80. The van der Waals surface area contributed by atoms with Crippen LogP contribution in [0.4, 0.5) is 4.79 Å². The van der Waals surface area contributed by atoms with E-state index < -0.39 is 0 Å². The summed E-state index contributed by atoms with van der Waals surface area (Å²) in [5.74, 6) is 0.666. The molecular formula is C18H26N2O2. The van der Waals surface area contributed by atoms with Crippen LogP contribution in [0.1, 0.15) is 50.0 Å². The first-order valence-electron chi connectivity index (χ1n) is 8.46. The Labute approximate surface area is 132 Å². The zero-order valence-electron chi connectivity index (χ0n) is 13.1. The highest BCUT2D eigenvalue weighted by molar-refractivity contribution is 5.77. The molecule has 4 nitrogen and oxygen atoms in total. The number of urea groups is 1. The van der Waals surface area contributed by atoms with Crippen LogP contribution in [-0.2, 0) is 4.74 Å². The van der Waals surface area contributed by atoms with Crippen LogP contribution in [0, 0.1) is 0 Å². The van der Waals surface area contributed by atoms with E-state index in [1.54, 1.807) is 0 Å². The number of amides is 2. The van der Waals surface area contributed by atoms with Crippen molar-refractivity contribution in [3.05, 3.63) is 35.9 Å². The van der Waals surface area contributed by atoms with Gasteiger partial charge in [-0.3, -0.25) is 0 Å². The number of hydrogen-bond acceptors (Lipinski definition) is 2. The molecule has 2 saturated heterocycles. The number of carbonyl (C=O) groups is 1. The molecule has 1 saturated carbocycles. The maximum Gasteiger partial charge on any atom is 0.315 e. The zero-order chi connectivity index (χ0) is 15.3. The van der Waals surface area contributed by atoms with Crippen molar-refractivity contribution in [1.82, 2.24) is 10.6 Å². The van der Waals surface area contributed by atoms with E-state index in [9.17, 15) is 4.79 Å². The fourth-order valence-corrected chi connectivity index (χ4v) is 3.62. The minimum absolute atomic E-state index is 0.00293. The van der Waals surface area contributed by atoms with E-state index in [2.05, 4.69) is 41.0 Å². The maximum absolute atomic E-state index is 11.2. The van der Waals surface area contributed by atoms with Crippen molar-refractivity contribution >= 4 is 6.03 Å². The van der Waals surface area contributed by atoms with Crippen LogP contribution >= 0.6 is 0 Å². The van der Waals surface area contributed by atoms with Gasteiger partial charge in [-0.1, -0.05) is 30.3 Å². The SMILES string of the molecule is C1CCOC1.O=C1NCC2(CCC(c3ccccc3)CC2)N1. The average Bonchev–Trinajstić information content (AvgIpc) is 3.23. The van der Waals surface area contributed by atoms with Crippen LogP contribution in [0.5, 0.6) is 0 Å². The lowest BCUT2D eigenvalue weighted by Gasteiger charge is -2.36. The second-order valence-corrected chi connectivity index (χ2v) is 6.59. The molecule has 4 heteroatoms. The van der Waals surface area contributed by atoms with Crippen molar-refractivity contribution in [1.29, 1.82) is 0 Å². The highest BCUT2D eigenvalue weighted by atomic mass is 16.5. The summed E-state index contributed by atoms with van der Waals surface area (Å²) in [6.45, 7) is 2.80. The van der Waals surface area contributed by atoms with Gasteiger partial charge in [0, 0.05) is 19.8 Å². The van der Waals surface area contributed by atoms with Crippen molar-refractivity contribution in [3.63, 3.8) is 0 Å². The molecule has 1 spiro atoms. The fourth-order valence-electron chi connectivity index (χ4n) is 3.62. The average molecular weight is 302 g/mol. The first-order chi connectivity index (χ1) is 10.8. The second kappa shape index (κ2) is 7.14. The van der Waals surface area contributed by atoms with Gasteiger partial charge in [-0.2, -0.15) is 0 Å². The molecule has 120 valence electrons. The Balaban J connectivity index is 0.000000246. The summed E-state index contributed by atoms with van der Waals surface area (Å²) in [4.78, 5) is 11.2. The van der Waals surface area contributed by atoms with E-state index in [1.807, 2.05) is 0 Å². The summed E-state index contributed by atoms with van der Waals surface area (Å²) in [5, 5.41) is 5.98. The molecule has 1 aromatic rings. The maximum atomic E-state index is 11.2. The Morgan fingerprint density at radius 2 is 1.73 bits per heavy atom. The lowest BCUT2D eigenvalue weighted by Crippen LogP contribution is -2.46. The van der Waals surface area contributed by atoms with E-state index in [0.717, 1.165) is 32.6 Å². The molecule has 0 radical (unpaired) electrons. The van der Waals surface area contributed by atoms with Crippen molar-refractivity contribution in [2.75, 3.05) is 19.8 Å². The third-order valence-electron chi connectivity index (χ3n) is 5.01. The Kier molecular flexibility index (Phi) is 4.98. The number of nitrogens with one attached hydrogen (secondary N) is 2. The van der Waals surface area contributed by atoms with Gasteiger partial charge in [0.25, 0.3) is 0 Å². The Hall–Kier alpha value is -1.55. The number of hydrogen-bond donors (Lipinski definition) is 2. The largest absolute Gasteiger partial charge is 0.381 e. The summed E-state index contributed by atoms with van der Waals surface area (Å²) in [6.07, 6.45) is 7.08. The van der Waals surface area contributed by atoms with E-state index in [-0.39, 0.29) is 11.6 Å². The van der Waals surface area contributed by atoms with E-state index in [1.165, 1.54) is 31.2 Å². The van der Waals surface area contributed by atoms with E-state index in [4.69, 9.17) is 4.74 Å². The molecule has 0 aromatic heterocycles. The van der Waals surface area contributed by atoms with Gasteiger partial charge < -0.3 is 15.4 Å². The molecule has 4 rings (SSSR count). The van der Waals surface area contributed by atoms with Crippen LogP contribution < -0.4 is 10.6 Å². The van der Waals surface area contributed by atoms with Gasteiger partial charge in [0.1, 0.15) is 0 Å². The lowest BCUT2D eigenvalue weighted by atomic mass is 9.74. The predicted octanol–water partition coefficient (Wildman–Crippen LogP) is 3.19. The van der Waals surface area contributed by atoms with Gasteiger partial charge in [-0.05, 0) is 50.0 Å². The molecule has 3 fully saturated rings. The topological polar surface area (TPSA) is 50.4 Å². The van der Waals surface area contributed by atoms with Gasteiger partial charge in [-0.15, -0.1) is 0 Å². The van der Waals surface area contributed by atoms with Gasteiger partial charge in [0.05, 0.1) is 5.54 Å². The minimum atomic E-state index is 0.00293. The van der Waals surface area contributed by atoms with E-state index >= 15 is 0 Å². The summed E-state index contributed by atoms with van der Waals surface area (Å²) in [5.41, 5.74) is 1.49. The Morgan fingerprint density at radius 1 is 1.05 bits per heavy atom. The fraction of sp³-hybridized carbons (Fsp3) is 0.611. The number of benzene rings is 1. The predicted molar refractivity (Wildman–Crippen MR) is 87.0 cm³/mol. The lowest BCUT2D eigenvalue weighted by molar-refractivity contribution is 0.198. The van der Waals surface area contributed by atoms with Crippen molar-refractivity contribution in [2.45, 2.75) is 50.0 Å². The van der Waals surface area contributed by atoms with Crippen LogP contribution in [0.25, 0.3) is 0 Å². The first-order valence-corrected chi connectivity index (χ1v) is 8.46. The van der Waals surface area contributed by atoms with Crippen LogP contribution in [0.2, 0.25) is 0 Å². The van der Waals surface area contributed by atoms with Crippen LogP contribution in [-0.4, -0.2) is 31.3 Å². The molecule has 1 aliphatic carbocycles.